The number of aryl methyl sites for hydroxylation is 2. The third-order valence-corrected chi connectivity index (χ3v) is 24.6. The SMILES string of the molecule is CCCCCCCCC1(CCCCCCCC)c2cc(-c3ccc(-c4ccc(C)cc4)cc3)ccc2-c2ccc(-c3cc(C)cc(-c4ccc5c(c4)C4(c6ccccc6-c6ccccc64)c4cc(-n6c7ccccc7c7cc(-c8ccc9c(c8)c8ccccc8n9-c8ccccc8)ccc76)ccc4-5)c3)cc21. The van der Waals surface area contributed by atoms with Gasteiger partial charge < -0.3 is 9.13 Å². The van der Waals surface area contributed by atoms with E-state index in [9.17, 15) is 0 Å². The third-order valence-electron chi connectivity index (χ3n) is 24.6. The first-order valence-corrected chi connectivity index (χ1v) is 39.5. The first kappa shape index (κ1) is 65.4. The molecule has 3 aliphatic rings. The molecule has 0 amide bonds. The highest BCUT2D eigenvalue weighted by Crippen LogP contribution is 2.64. The Balaban J connectivity index is 0.711. The minimum Gasteiger partial charge on any atom is -0.309 e. The molecule has 0 aliphatic heterocycles. The summed E-state index contributed by atoms with van der Waals surface area (Å²) in [6, 6.07) is 117. The van der Waals surface area contributed by atoms with Gasteiger partial charge in [-0.1, -0.05) is 315 Å². The van der Waals surface area contributed by atoms with Crippen molar-refractivity contribution in [1.82, 2.24) is 9.13 Å². The van der Waals surface area contributed by atoms with Crippen LogP contribution in [0.5, 0.6) is 0 Å². The summed E-state index contributed by atoms with van der Waals surface area (Å²) < 4.78 is 4.93. The lowest BCUT2D eigenvalue weighted by Gasteiger charge is -2.33. The Labute approximate surface area is 625 Å². The van der Waals surface area contributed by atoms with Gasteiger partial charge in [-0.3, -0.25) is 0 Å². The molecule has 0 saturated carbocycles. The second kappa shape index (κ2) is 27.0. The Bertz CT molecular complexity index is 6010. The van der Waals surface area contributed by atoms with Crippen LogP contribution < -0.4 is 0 Å². The quantitative estimate of drug-likeness (QED) is 0.0635. The smallest absolute Gasteiger partial charge is 0.0726 e. The molecule has 0 N–H and O–H groups in total. The molecule has 0 saturated heterocycles. The number of para-hydroxylation sites is 3. The van der Waals surface area contributed by atoms with E-state index in [2.05, 4.69) is 340 Å². The molecule has 0 unspecified atom stereocenters. The third kappa shape index (κ3) is 10.8. The van der Waals surface area contributed by atoms with E-state index in [0.717, 1.165) is 5.69 Å². The molecule has 2 heteroatoms. The largest absolute Gasteiger partial charge is 0.309 e. The van der Waals surface area contributed by atoms with Gasteiger partial charge in [0.15, 0.2) is 0 Å². The summed E-state index contributed by atoms with van der Waals surface area (Å²) in [6.45, 7) is 9.15. The molecule has 3 aliphatic carbocycles. The minimum atomic E-state index is -0.570. The number of unbranched alkanes of at least 4 members (excludes halogenated alkanes) is 10. The van der Waals surface area contributed by atoms with Gasteiger partial charge in [-0.05, 0) is 240 Å². The van der Waals surface area contributed by atoms with Gasteiger partial charge in [0.05, 0.1) is 27.5 Å². The van der Waals surface area contributed by atoms with Crippen LogP contribution in [0.3, 0.4) is 0 Å². The zero-order valence-electron chi connectivity index (χ0n) is 61.7. The summed E-state index contributed by atoms with van der Waals surface area (Å²) in [4.78, 5) is 0. The van der Waals surface area contributed by atoms with Crippen molar-refractivity contribution in [3.63, 3.8) is 0 Å². The van der Waals surface area contributed by atoms with Crippen molar-refractivity contribution >= 4 is 43.6 Å². The van der Waals surface area contributed by atoms with Crippen LogP contribution in [0.4, 0.5) is 0 Å². The monoisotopic (exact) mass is 1370 g/mol. The predicted octanol–water partition coefficient (Wildman–Crippen LogP) is 28.9. The van der Waals surface area contributed by atoms with Crippen molar-refractivity contribution in [2.75, 3.05) is 0 Å². The summed E-state index contributed by atoms with van der Waals surface area (Å²) in [5.74, 6) is 0. The molecule has 516 valence electrons. The predicted molar refractivity (Wildman–Crippen MR) is 450 cm³/mol. The fourth-order valence-electron chi connectivity index (χ4n) is 19.5. The maximum atomic E-state index is 2.67. The van der Waals surface area contributed by atoms with Crippen molar-refractivity contribution in [2.45, 2.75) is 128 Å². The molecule has 16 aromatic rings. The number of fused-ring (bicyclic) bond motifs is 19. The number of nitrogens with zero attached hydrogens (tertiary/aromatic N) is 2. The Kier molecular flexibility index (Phi) is 16.7. The molecular formula is C104H90N2. The summed E-state index contributed by atoms with van der Waals surface area (Å²) in [7, 11) is 0. The lowest BCUT2D eigenvalue weighted by molar-refractivity contribution is 0.398. The number of benzene rings is 14. The number of aromatic nitrogens is 2. The normalized spacial score (nSPS) is 13.4. The highest BCUT2D eigenvalue weighted by Gasteiger charge is 2.52. The van der Waals surface area contributed by atoms with Crippen molar-refractivity contribution in [3.05, 3.63) is 348 Å². The Morgan fingerprint density at radius 1 is 0.226 bits per heavy atom. The lowest BCUT2D eigenvalue weighted by Crippen LogP contribution is -2.26. The summed E-state index contributed by atoms with van der Waals surface area (Å²) in [6.07, 6.45) is 17.8. The highest BCUT2D eigenvalue weighted by molar-refractivity contribution is 6.13. The Morgan fingerprint density at radius 2 is 0.594 bits per heavy atom. The van der Waals surface area contributed by atoms with Gasteiger partial charge in [-0.2, -0.15) is 0 Å². The standard InChI is InChI=1S/C104H90N2/c1-5-7-9-11-13-26-58-103(59-27-14-12-10-8-6-2)95-65-76(73-44-42-72(43-45-73)71-40-38-69(3)39-41-71)46-52-85(95)86-53-47-77(66-96(86)103)79-60-70(4)61-80(62-79)78-48-54-87-88-55-51-82(68-98(88)104(97(87)67-78)93-34-22-18-30-83(93)84-31-19-23-35-94(84)104)106-100-37-25-21-33-90(100)92-64-75(50-57-102(92)106)74-49-56-101-91(63-74)89-32-20-24-36-99(89)105(101)81-28-16-15-17-29-81/h15-25,28-57,60-68H,5-14,26-27,58-59H2,1-4H3. The van der Waals surface area contributed by atoms with Crippen LogP contribution >= 0.6 is 0 Å². The Morgan fingerprint density at radius 3 is 1.13 bits per heavy atom. The molecular weight excluding hydrogens is 1280 g/mol. The second-order valence-electron chi connectivity index (χ2n) is 31.0. The average molecular weight is 1370 g/mol. The molecule has 0 bridgehead atoms. The van der Waals surface area contributed by atoms with Crippen molar-refractivity contribution in [1.29, 1.82) is 0 Å². The highest BCUT2D eigenvalue weighted by atomic mass is 15.0. The molecule has 0 radical (unpaired) electrons. The van der Waals surface area contributed by atoms with Crippen LogP contribution in [-0.2, 0) is 10.8 Å². The number of hydrogen-bond donors (Lipinski definition) is 0. The molecule has 0 atom stereocenters. The first-order chi connectivity index (χ1) is 52.3. The molecule has 106 heavy (non-hydrogen) atoms. The van der Waals surface area contributed by atoms with Crippen LogP contribution in [0.1, 0.15) is 148 Å². The van der Waals surface area contributed by atoms with E-state index in [1.807, 2.05) is 0 Å². The molecule has 2 nitrogen and oxygen atoms in total. The van der Waals surface area contributed by atoms with E-state index in [0.29, 0.717) is 0 Å². The summed E-state index contributed by atoms with van der Waals surface area (Å²) >= 11 is 0. The first-order valence-electron chi connectivity index (χ1n) is 39.5. The summed E-state index contributed by atoms with van der Waals surface area (Å²) in [5, 5.41) is 5.00. The van der Waals surface area contributed by atoms with Crippen LogP contribution in [0, 0.1) is 13.8 Å². The molecule has 0 fully saturated rings. The van der Waals surface area contributed by atoms with Gasteiger partial charge in [0, 0.05) is 38.3 Å². The molecule has 19 rings (SSSR count). The van der Waals surface area contributed by atoms with E-state index in [-0.39, 0.29) is 5.41 Å². The molecule has 1 spiro atoms. The molecule has 14 aromatic carbocycles. The maximum Gasteiger partial charge on any atom is 0.0726 e. The van der Waals surface area contributed by atoms with Gasteiger partial charge in [0.2, 0.25) is 0 Å². The fourth-order valence-corrected chi connectivity index (χ4v) is 19.5. The van der Waals surface area contributed by atoms with Gasteiger partial charge >= 0.3 is 0 Å². The van der Waals surface area contributed by atoms with Gasteiger partial charge in [0.1, 0.15) is 0 Å². The zero-order valence-corrected chi connectivity index (χ0v) is 61.7. The zero-order chi connectivity index (χ0) is 71.0. The van der Waals surface area contributed by atoms with Crippen LogP contribution in [-0.4, -0.2) is 9.13 Å². The minimum absolute atomic E-state index is 0.0904. The van der Waals surface area contributed by atoms with E-state index in [1.165, 1.54) is 267 Å². The van der Waals surface area contributed by atoms with Gasteiger partial charge in [-0.15, -0.1) is 0 Å². The van der Waals surface area contributed by atoms with E-state index < -0.39 is 5.41 Å². The van der Waals surface area contributed by atoms with Crippen molar-refractivity contribution < 1.29 is 0 Å². The maximum absolute atomic E-state index is 2.67. The van der Waals surface area contributed by atoms with Crippen molar-refractivity contribution in [2.24, 2.45) is 0 Å². The Hall–Kier alpha value is -11.3. The lowest BCUT2D eigenvalue weighted by atomic mass is 9.70. The van der Waals surface area contributed by atoms with E-state index in [1.54, 1.807) is 5.56 Å². The number of rotatable bonds is 21. The van der Waals surface area contributed by atoms with Gasteiger partial charge in [-0.25, -0.2) is 0 Å². The van der Waals surface area contributed by atoms with Gasteiger partial charge in [0.25, 0.3) is 0 Å². The second-order valence-corrected chi connectivity index (χ2v) is 31.0. The van der Waals surface area contributed by atoms with E-state index >= 15 is 0 Å². The van der Waals surface area contributed by atoms with Crippen molar-refractivity contribution in [3.8, 4) is 100 Å². The average Bonchev–Trinajstić information content (AvgIpc) is 1.51. The number of hydrogen-bond acceptors (Lipinski definition) is 0. The molecule has 2 heterocycles. The van der Waals surface area contributed by atoms with Crippen LogP contribution in [0.15, 0.2) is 303 Å². The fraction of sp³-hybridized carbons (Fsp3) is 0.192. The van der Waals surface area contributed by atoms with Crippen LogP contribution in [0.2, 0.25) is 0 Å². The topological polar surface area (TPSA) is 9.86 Å². The molecule has 2 aromatic heterocycles. The van der Waals surface area contributed by atoms with Crippen LogP contribution in [0.25, 0.3) is 144 Å². The van der Waals surface area contributed by atoms with E-state index in [4.69, 9.17) is 0 Å². The summed E-state index contributed by atoms with van der Waals surface area (Å²) in [5.41, 5.74) is 38.2.